The van der Waals surface area contributed by atoms with Crippen LogP contribution in [0.15, 0.2) is 73.3 Å². The Balaban J connectivity index is 1.79. The molecule has 182 valence electrons. The summed E-state index contributed by atoms with van der Waals surface area (Å²) in [5.41, 5.74) is 5.18. The largest absolute Gasteiger partial charge is 0.479 e. The van der Waals surface area contributed by atoms with Gasteiger partial charge in [0.25, 0.3) is 0 Å². The zero-order valence-electron chi connectivity index (χ0n) is 20.5. The number of rotatable bonds is 5. The van der Waals surface area contributed by atoms with E-state index in [0.717, 1.165) is 44.4 Å². The molecule has 5 rings (SSSR count). The molecule has 0 aliphatic carbocycles. The summed E-state index contributed by atoms with van der Waals surface area (Å²) in [6, 6.07) is 15.7. The van der Waals surface area contributed by atoms with Gasteiger partial charge in [0.05, 0.1) is 5.60 Å². The van der Waals surface area contributed by atoms with Crippen LogP contribution >= 0.6 is 11.6 Å². The number of ether oxygens (including phenoxy) is 1. The fraction of sp³-hybridized carbons (Fsp3) is 0.207. The van der Waals surface area contributed by atoms with Gasteiger partial charge in [-0.1, -0.05) is 29.8 Å². The van der Waals surface area contributed by atoms with Crippen molar-refractivity contribution in [2.75, 3.05) is 0 Å². The van der Waals surface area contributed by atoms with Crippen LogP contribution in [0, 0.1) is 6.92 Å². The molecular formula is C29H26ClN3O3. The van der Waals surface area contributed by atoms with Crippen molar-refractivity contribution in [1.29, 1.82) is 0 Å². The zero-order valence-corrected chi connectivity index (χ0v) is 21.2. The molecule has 0 aliphatic heterocycles. The van der Waals surface area contributed by atoms with Gasteiger partial charge in [0.15, 0.2) is 11.8 Å². The monoisotopic (exact) mass is 499 g/mol. The average Bonchev–Trinajstić information content (AvgIpc) is 3.30. The summed E-state index contributed by atoms with van der Waals surface area (Å²) < 4.78 is 7.91. The van der Waals surface area contributed by atoms with Crippen LogP contribution in [0.25, 0.3) is 38.8 Å². The first-order chi connectivity index (χ1) is 17.1. The number of hydrogen-bond acceptors (Lipinski definition) is 4. The van der Waals surface area contributed by atoms with E-state index < -0.39 is 17.7 Å². The van der Waals surface area contributed by atoms with Gasteiger partial charge in [0.1, 0.15) is 5.69 Å². The highest BCUT2D eigenvalue weighted by Crippen LogP contribution is 2.38. The SMILES string of the molecule is Cc1cc2cc(-c3nccn4ccnc34)cc(-c3ccc(Cl)cc3)c2cc1[C@H](OC(C)(C)C)C(=O)O. The van der Waals surface area contributed by atoms with Crippen LogP contribution < -0.4 is 0 Å². The molecule has 0 fully saturated rings. The third kappa shape index (κ3) is 4.57. The maximum atomic E-state index is 12.2. The number of aliphatic carboxylic acids is 1. The van der Waals surface area contributed by atoms with E-state index >= 15 is 0 Å². The molecule has 36 heavy (non-hydrogen) atoms. The van der Waals surface area contributed by atoms with Gasteiger partial charge in [0, 0.05) is 35.4 Å². The first kappa shape index (κ1) is 24.0. The minimum Gasteiger partial charge on any atom is -0.479 e. The number of carboxylic acids is 1. The number of carbonyl (C=O) groups is 1. The van der Waals surface area contributed by atoms with Crippen LogP contribution in [0.1, 0.15) is 38.0 Å². The van der Waals surface area contributed by atoms with E-state index in [1.54, 1.807) is 12.4 Å². The van der Waals surface area contributed by atoms with Gasteiger partial charge in [-0.2, -0.15) is 0 Å². The quantitative estimate of drug-likeness (QED) is 0.278. The molecule has 7 heteroatoms. The standard InChI is InChI=1S/C29H26ClN3O3/c1-17-13-19-14-20(25-27-32-10-12-33(27)11-9-31-25)15-23(18-5-7-21(30)8-6-18)24(19)16-22(17)26(28(34)35)36-29(2,3)4/h5-16,26H,1-4H3,(H,34,35)/t26-/m0/s1. The van der Waals surface area contributed by atoms with Crippen LogP contribution in [0.2, 0.25) is 5.02 Å². The van der Waals surface area contributed by atoms with E-state index in [-0.39, 0.29) is 0 Å². The molecule has 1 N–H and O–H groups in total. The number of fused-ring (bicyclic) bond motifs is 2. The molecule has 0 saturated heterocycles. The Morgan fingerprint density at radius 3 is 2.36 bits per heavy atom. The van der Waals surface area contributed by atoms with E-state index in [9.17, 15) is 9.90 Å². The lowest BCUT2D eigenvalue weighted by atomic mass is 9.90. The molecule has 5 aromatic rings. The van der Waals surface area contributed by atoms with Gasteiger partial charge in [-0.25, -0.2) is 9.78 Å². The van der Waals surface area contributed by atoms with E-state index in [2.05, 4.69) is 22.1 Å². The Kier molecular flexibility index (Phi) is 6.02. The Bertz CT molecular complexity index is 1600. The summed E-state index contributed by atoms with van der Waals surface area (Å²) in [5.74, 6) is -1.02. The zero-order chi connectivity index (χ0) is 25.6. The predicted molar refractivity (Wildman–Crippen MR) is 142 cm³/mol. The molecule has 6 nitrogen and oxygen atoms in total. The van der Waals surface area contributed by atoms with Crippen LogP contribution in [-0.2, 0) is 9.53 Å². The first-order valence-electron chi connectivity index (χ1n) is 11.6. The van der Waals surface area contributed by atoms with Crippen molar-refractivity contribution in [3.8, 4) is 22.4 Å². The van der Waals surface area contributed by atoms with Crippen LogP contribution in [0.5, 0.6) is 0 Å². The van der Waals surface area contributed by atoms with Crippen molar-refractivity contribution in [1.82, 2.24) is 14.4 Å². The molecule has 0 radical (unpaired) electrons. The number of aromatic nitrogens is 3. The van der Waals surface area contributed by atoms with E-state index in [0.29, 0.717) is 10.6 Å². The molecule has 3 aromatic carbocycles. The Morgan fingerprint density at radius 2 is 1.69 bits per heavy atom. The minimum atomic E-state index is -1.09. The molecule has 2 aromatic heterocycles. The molecule has 0 aliphatic rings. The van der Waals surface area contributed by atoms with Crippen molar-refractivity contribution < 1.29 is 14.6 Å². The minimum absolute atomic E-state index is 0.623. The van der Waals surface area contributed by atoms with E-state index in [1.807, 2.05) is 80.9 Å². The lowest BCUT2D eigenvalue weighted by Gasteiger charge is -2.26. The summed E-state index contributed by atoms with van der Waals surface area (Å²) in [4.78, 5) is 21.4. The van der Waals surface area contributed by atoms with Gasteiger partial charge in [-0.05, 0) is 91.1 Å². The third-order valence-electron chi connectivity index (χ3n) is 6.06. The van der Waals surface area contributed by atoms with Crippen LogP contribution in [-0.4, -0.2) is 31.0 Å². The highest BCUT2D eigenvalue weighted by Gasteiger charge is 2.28. The molecule has 1 atom stereocenters. The first-order valence-corrected chi connectivity index (χ1v) is 12.0. The third-order valence-corrected chi connectivity index (χ3v) is 6.31. The number of benzene rings is 3. The number of hydrogen-bond donors (Lipinski definition) is 1. The number of nitrogens with zero attached hydrogens (tertiary/aromatic N) is 3. The van der Waals surface area contributed by atoms with Gasteiger partial charge in [-0.3, -0.25) is 4.98 Å². The highest BCUT2D eigenvalue weighted by atomic mass is 35.5. The summed E-state index contributed by atoms with van der Waals surface area (Å²) in [7, 11) is 0. The van der Waals surface area contributed by atoms with Crippen LogP contribution in [0.3, 0.4) is 0 Å². The smallest absolute Gasteiger partial charge is 0.337 e. The molecule has 0 unspecified atom stereocenters. The van der Waals surface area contributed by atoms with Gasteiger partial charge in [-0.15, -0.1) is 0 Å². The second-order valence-electron chi connectivity index (χ2n) is 9.84. The summed E-state index contributed by atoms with van der Waals surface area (Å²) in [5, 5.41) is 12.5. The Morgan fingerprint density at radius 1 is 1.00 bits per heavy atom. The lowest BCUT2D eigenvalue weighted by molar-refractivity contribution is -0.160. The maximum Gasteiger partial charge on any atom is 0.337 e. The molecule has 0 spiro atoms. The molecule has 0 saturated carbocycles. The Labute approximate surface area is 214 Å². The van der Waals surface area contributed by atoms with Crippen molar-refractivity contribution >= 4 is 34.0 Å². The molecular weight excluding hydrogens is 474 g/mol. The number of carboxylic acid groups (broad SMARTS) is 1. The topological polar surface area (TPSA) is 76.7 Å². The summed E-state index contributed by atoms with van der Waals surface area (Å²) in [6.45, 7) is 7.48. The van der Waals surface area contributed by atoms with Crippen molar-refractivity contribution in [3.05, 3.63) is 89.5 Å². The van der Waals surface area contributed by atoms with Gasteiger partial charge >= 0.3 is 5.97 Å². The summed E-state index contributed by atoms with van der Waals surface area (Å²) in [6.07, 6.45) is 6.17. The van der Waals surface area contributed by atoms with Crippen molar-refractivity contribution in [2.24, 2.45) is 0 Å². The highest BCUT2D eigenvalue weighted by molar-refractivity contribution is 6.30. The van der Waals surface area contributed by atoms with Crippen LogP contribution in [0.4, 0.5) is 0 Å². The molecule has 0 bridgehead atoms. The lowest BCUT2D eigenvalue weighted by Crippen LogP contribution is -2.27. The van der Waals surface area contributed by atoms with E-state index in [1.165, 1.54) is 0 Å². The van der Waals surface area contributed by atoms with Crippen molar-refractivity contribution in [2.45, 2.75) is 39.4 Å². The van der Waals surface area contributed by atoms with Gasteiger partial charge in [0.2, 0.25) is 0 Å². The average molecular weight is 500 g/mol. The van der Waals surface area contributed by atoms with Gasteiger partial charge < -0.3 is 14.2 Å². The molecule has 2 heterocycles. The fourth-order valence-corrected chi connectivity index (χ4v) is 4.61. The van der Waals surface area contributed by atoms with Crippen molar-refractivity contribution in [3.63, 3.8) is 0 Å². The Hall–Kier alpha value is -3.74. The maximum absolute atomic E-state index is 12.2. The number of imidazole rings is 1. The summed E-state index contributed by atoms with van der Waals surface area (Å²) >= 11 is 6.18. The molecule has 0 amide bonds. The second-order valence-corrected chi connectivity index (χ2v) is 10.3. The van der Waals surface area contributed by atoms with E-state index in [4.69, 9.17) is 16.3 Å². The normalized spacial score (nSPS) is 12.8. The predicted octanol–water partition coefficient (Wildman–Crippen LogP) is 7.12. The number of aryl methyl sites for hydroxylation is 1. The fourth-order valence-electron chi connectivity index (χ4n) is 4.49. The second kappa shape index (κ2) is 9.04. The number of halogens is 1.